The maximum Gasteiger partial charge on any atom is 0.308 e. The largest absolute Gasteiger partial charge is 0.463 e. The van der Waals surface area contributed by atoms with Gasteiger partial charge in [0.25, 0.3) is 0 Å². The molecule has 20 heavy (non-hydrogen) atoms. The van der Waals surface area contributed by atoms with E-state index in [-0.39, 0.29) is 36.8 Å². The van der Waals surface area contributed by atoms with Crippen LogP contribution in [0.4, 0.5) is 5.69 Å². The van der Waals surface area contributed by atoms with Crippen LogP contribution >= 0.6 is 23.2 Å². The minimum atomic E-state index is -0.329. The minimum Gasteiger partial charge on any atom is -0.463 e. The number of esters is 1. The predicted molar refractivity (Wildman–Crippen MR) is 78.5 cm³/mol. The van der Waals surface area contributed by atoms with Crippen LogP contribution < -0.4 is 4.90 Å². The molecule has 1 amide bonds. The molecule has 1 unspecified atom stereocenters. The van der Waals surface area contributed by atoms with Gasteiger partial charge >= 0.3 is 5.97 Å². The molecule has 1 heterocycles. The number of halogens is 2. The smallest absolute Gasteiger partial charge is 0.308 e. The summed E-state index contributed by atoms with van der Waals surface area (Å²) in [5, 5.41) is 0.572. The van der Waals surface area contributed by atoms with Crippen LogP contribution in [0.15, 0.2) is 12.1 Å². The predicted octanol–water partition coefficient (Wildman–Crippen LogP) is 2.84. The summed E-state index contributed by atoms with van der Waals surface area (Å²) in [5.41, 5.74) is 2.42. The fraction of sp³-hybridized carbons (Fsp3) is 0.429. The standard InChI is InChI=1S/C14H15Cl2NO3/c1-8-3-4-11(16)9(2)14(8)17(12(18)6-15)10-5-13(19)20-7-10/h3-4,10H,5-7H2,1-2H3. The summed E-state index contributed by atoms with van der Waals surface area (Å²) >= 11 is 11.8. The topological polar surface area (TPSA) is 46.6 Å². The van der Waals surface area contributed by atoms with E-state index < -0.39 is 0 Å². The third kappa shape index (κ3) is 2.76. The lowest BCUT2D eigenvalue weighted by molar-refractivity contribution is -0.138. The number of hydrogen-bond donors (Lipinski definition) is 0. The summed E-state index contributed by atoms with van der Waals surface area (Å²) in [4.78, 5) is 25.1. The summed E-state index contributed by atoms with van der Waals surface area (Å²) < 4.78 is 4.96. The van der Waals surface area contributed by atoms with Crippen molar-refractivity contribution in [2.75, 3.05) is 17.4 Å². The summed E-state index contributed by atoms with van der Waals surface area (Å²) in [5.74, 6) is -0.723. The maximum atomic E-state index is 12.2. The number of hydrogen-bond acceptors (Lipinski definition) is 3. The molecule has 1 aromatic rings. The third-order valence-electron chi connectivity index (χ3n) is 3.39. The highest BCUT2D eigenvalue weighted by Crippen LogP contribution is 2.33. The molecule has 6 heteroatoms. The van der Waals surface area contributed by atoms with Gasteiger partial charge in [-0.25, -0.2) is 0 Å². The van der Waals surface area contributed by atoms with E-state index in [2.05, 4.69) is 0 Å². The number of carbonyl (C=O) groups is 2. The molecule has 1 atom stereocenters. The Bertz CT molecular complexity index is 560. The normalized spacial score (nSPS) is 18.0. The highest BCUT2D eigenvalue weighted by atomic mass is 35.5. The molecule has 0 aromatic heterocycles. The first kappa shape index (κ1) is 15.1. The molecule has 2 rings (SSSR count). The van der Waals surface area contributed by atoms with Crippen LogP contribution in [0, 0.1) is 13.8 Å². The Hall–Kier alpha value is -1.26. The monoisotopic (exact) mass is 315 g/mol. The first-order chi connectivity index (χ1) is 9.45. The Morgan fingerprint density at radius 2 is 2.15 bits per heavy atom. The van der Waals surface area contributed by atoms with Gasteiger partial charge in [-0.3, -0.25) is 9.59 Å². The van der Waals surface area contributed by atoms with Crippen molar-refractivity contribution < 1.29 is 14.3 Å². The molecule has 1 saturated heterocycles. The number of alkyl halides is 1. The SMILES string of the molecule is Cc1ccc(Cl)c(C)c1N(C(=O)CCl)C1COC(=O)C1. The summed E-state index contributed by atoms with van der Waals surface area (Å²) in [7, 11) is 0. The van der Waals surface area contributed by atoms with Crippen LogP contribution in [0.3, 0.4) is 0 Å². The van der Waals surface area contributed by atoms with Crippen molar-refractivity contribution in [1.29, 1.82) is 0 Å². The minimum absolute atomic E-state index is 0.157. The average molecular weight is 316 g/mol. The van der Waals surface area contributed by atoms with Gasteiger partial charge in [0.05, 0.1) is 18.2 Å². The van der Waals surface area contributed by atoms with E-state index in [1.54, 1.807) is 11.0 Å². The third-order valence-corrected chi connectivity index (χ3v) is 4.03. The molecular weight excluding hydrogens is 301 g/mol. The van der Waals surface area contributed by atoms with Gasteiger partial charge in [0.2, 0.25) is 5.91 Å². The van der Waals surface area contributed by atoms with Crippen LogP contribution in [0.1, 0.15) is 17.5 Å². The van der Waals surface area contributed by atoms with Gasteiger partial charge in [-0.1, -0.05) is 17.7 Å². The first-order valence-electron chi connectivity index (χ1n) is 6.25. The Morgan fingerprint density at radius 1 is 1.45 bits per heavy atom. The van der Waals surface area contributed by atoms with Crippen molar-refractivity contribution in [2.24, 2.45) is 0 Å². The second-order valence-corrected chi connectivity index (χ2v) is 5.45. The molecule has 4 nitrogen and oxygen atoms in total. The fourth-order valence-corrected chi connectivity index (χ4v) is 2.70. The lowest BCUT2D eigenvalue weighted by Gasteiger charge is -2.30. The van der Waals surface area contributed by atoms with Crippen LogP contribution in [-0.2, 0) is 14.3 Å². The van der Waals surface area contributed by atoms with E-state index in [4.69, 9.17) is 27.9 Å². The van der Waals surface area contributed by atoms with E-state index in [1.165, 1.54) is 0 Å². The number of cyclic esters (lactones) is 1. The Morgan fingerprint density at radius 3 is 2.70 bits per heavy atom. The average Bonchev–Trinajstić information content (AvgIpc) is 2.84. The molecule has 0 bridgehead atoms. The van der Waals surface area contributed by atoms with Gasteiger partial charge in [-0.2, -0.15) is 0 Å². The summed E-state index contributed by atoms with van der Waals surface area (Å²) in [6, 6.07) is 3.30. The number of anilines is 1. The molecule has 108 valence electrons. The lowest BCUT2D eigenvalue weighted by Crippen LogP contribution is -2.42. The number of nitrogens with zero attached hydrogens (tertiary/aromatic N) is 1. The molecule has 0 spiro atoms. The van der Waals surface area contributed by atoms with Gasteiger partial charge in [-0.05, 0) is 31.0 Å². The van der Waals surface area contributed by atoms with Crippen molar-refractivity contribution >= 4 is 40.8 Å². The highest BCUT2D eigenvalue weighted by molar-refractivity contribution is 6.32. The second-order valence-electron chi connectivity index (χ2n) is 4.78. The van der Waals surface area contributed by atoms with Crippen molar-refractivity contribution in [3.8, 4) is 0 Å². The van der Waals surface area contributed by atoms with E-state index >= 15 is 0 Å². The Kier molecular flexibility index (Phi) is 4.55. The molecule has 0 aliphatic carbocycles. The fourth-order valence-electron chi connectivity index (χ4n) is 2.42. The van der Waals surface area contributed by atoms with E-state index in [0.29, 0.717) is 10.7 Å². The quantitative estimate of drug-likeness (QED) is 0.636. The maximum absolute atomic E-state index is 12.2. The Balaban J connectivity index is 2.49. The zero-order chi connectivity index (χ0) is 14.9. The lowest BCUT2D eigenvalue weighted by atomic mass is 10.0. The molecule has 0 N–H and O–H groups in total. The molecule has 1 aliphatic heterocycles. The molecule has 1 aliphatic rings. The highest BCUT2D eigenvalue weighted by Gasteiger charge is 2.34. The zero-order valence-electron chi connectivity index (χ0n) is 11.3. The van der Waals surface area contributed by atoms with Gasteiger partial charge in [0.1, 0.15) is 12.5 Å². The van der Waals surface area contributed by atoms with E-state index in [9.17, 15) is 9.59 Å². The number of rotatable bonds is 3. The summed E-state index contributed by atoms with van der Waals surface area (Å²) in [6.45, 7) is 3.93. The number of carbonyl (C=O) groups excluding carboxylic acids is 2. The number of ether oxygens (including phenoxy) is 1. The van der Waals surface area contributed by atoms with Crippen molar-refractivity contribution in [1.82, 2.24) is 0 Å². The van der Waals surface area contributed by atoms with E-state index in [0.717, 1.165) is 11.1 Å². The van der Waals surface area contributed by atoms with Crippen molar-refractivity contribution in [2.45, 2.75) is 26.3 Å². The van der Waals surface area contributed by atoms with Crippen molar-refractivity contribution in [3.63, 3.8) is 0 Å². The van der Waals surface area contributed by atoms with Crippen LogP contribution in [-0.4, -0.2) is 30.4 Å². The number of amides is 1. The summed E-state index contributed by atoms with van der Waals surface area (Å²) in [6.07, 6.45) is 0.175. The van der Waals surface area contributed by atoms with Gasteiger partial charge in [0, 0.05) is 5.02 Å². The van der Waals surface area contributed by atoms with Crippen LogP contribution in [0.2, 0.25) is 5.02 Å². The number of aryl methyl sites for hydroxylation is 1. The molecular formula is C14H15Cl2NO3. The molecule has 1 aromatic carbocycles. The van der Waals surface area contributed by atoms with Crippen molar-refractivity contribution in [3.05, 3.63) is 28.3 Å². The van der Waals surface area contributed by atoms with Crippen LogP contribution in [0.25, 0.3) is 0 Å². The number of benzene rings is 1. The molecule has 0 radical (unpaired) electrons. The van der Waals surface area contributed by atoms with E-state index in [1.807, 2.05) is 19.9 Å². The zero-order valence-corrected chi connectivity index (χ0v) is 12.8. The molecule has 1 fully saturated rings. The second kappa shape index (κ2) is 6.02. The first-order valence-corrected chi connectivity index (χ1v) is 7.16. The van der Waals surface area contributed by atoms with Gasteiger partial charge in [-0.15, -0.1) is 11.6 Å². The Labute approximate surface area is 127 Å². The van der Waals surface area contributed by atoms with Gasteiger partial charge < -0.3 is 9.64 Å². The van der Waals surface area contributed by atoms with Gasteiger partial charge in [0.15, 0.2) is 0 Å². The van der Waals surface area contributed by atoms with Crippen LogP contribution in [0.5, 0.6) is 0 Å². The molecule has 0 saturated carbocycles.